The second kappa shape index (κ2) is 7.72. The average molecular weight is 318 g/mol. The molecule has 2 rings (SSSR count). The molecule has 0 aliphatic heterocycles. The van der Waals surface area contributed by atoms with Crippen LogP contribution in [0, 0.1) is 6.92 Å². The number of benzene rings is 1. The van der Waals surface area contributed by atoms with Crippen LogP contribution in [0.15, 0.2) is 41.8 Å². The molecule has 1 aromatic heterocycles. The van der Waals surface area contributed by atoms with Gasteiger partial charge in [-0.3, -0.25) is 15.4 Å². The molecule has 0 saturated heterocycles. The van der Waals surface area contributed by atoms with Gasteiger partial charge in [-0.1, -0.05) is 35.9 Å². The number of amides is 2. The molecule has 2 N–H and O–H groups in total. The minimum atomic E-state index is -0.755. The summed E-state index contributed by atoms with van der Waals surface area (Å²) in [6.07, 6.45) is -0.755. The SMILES string of the molecule is COC(=O)NC(=O)CN[C@H](c1ccc(C)cc1)c1cccs1. The Kier molecular flexibility index (Phi) is 5.68. The van der Waals surface area contributed by atoms with E-state index in [9.17, 15) is 9.59 Å². The van der Waals surface area contributed by atoms with E-state index in [2.05, 4.69) is 15.4 Å². The Morgan fingerprint density at radius 1 is 1.23 bits per heavy atom. The van der Waals surface area contributed by atoms with Crippen molar-refractivity contribution in [2.24, 2.45) is 0 Å². The van der Waals surface area contributed by atoms with E-state index < -0.39 is 12.0 Å². The fourth-order valence-corrected chi connectivity index (χ4v) is 2.83. The molecule has 0 spiro atoms. The second-order valence-corrected chi connectivity index (χ2v) is 5.76. The van der Waals surface area contributed by atoms with E-state index in [-0.39, 0.29) is 12.6 Å². The zero-order valence-electron chi connectivity index (χ0n) is 12.5. The van der Waals surface area contributed by atoms with Crippen LogP contribution in [0.3, 0.4) is 0 Å². The Bertz CT molecular complexity index is 623. The first kappa shape index (κ1) is 16.2. The van der Waals surface area contributed by atoms with Gasteiger partial charge in [-0.15, -0.1) is 11.3 Å². The number of aryl methyl sites for hydroxylation is 1. The van der Waals surface area contributed by atoms with Crippen molar-refractivity contribution in [3.63, 3.8) is 0 Å². The number of thiophene rings is 1. The summed E-state index contributed by atoms with van der Waals surface area (Å²) in [5.74, 6) is -0.430. The first-order chi connectivity index (χ1) is 10.6. The fraction of sp³-hybridized carbons (Fsp3) is 0.250. The third-order valence-corrected chi connectivity index (χ3v) is 4.07. The van der Waals surface area contributed by atoms with E-state index in [0.717, 1.165) is 10.4 Å². The summed E-state index contributed by atoms with van der Waals surface area (Å²) in [5, 5.41) is 7.30. The summed E-state index contributed by atoms with van der Waals surface area (Å²) in [5.41, 5.74) is 2.25. The molecular weight excluding hydrogens is 300 g/mol. The summed E-state index contributed by atoms with van der Waals surface area (Å²) in [7, 11) is 1.22. The molecule has 6 heteroatoms. The Balaban J connectivity index is 2.08. The van der Waals surface area contributed by atoms with Crippen LogP contribution in [0.5, 0.6) is 0 Å². The van der Waals surface area contributed by atoms with Gasteiger partial charge in [-0.25, -0.2) is 4.79 Å². The maximum Gasteiger partial charge on any atom is 0.413 e. The highest BCUT2D eigenvalue weighted by molar-refractivity contribution is 7.10. The maximum absolute atomic E-state index is 11.7. The zero-order valence-corrected chi connectivity index (χ0v) is 13.3. The lowest BCUT2D eigenvalue weighted by atomic mass is 10.0. The highest BCUT2D eigenvalue weighted by Crippen LogP contribution is 2.26. The Hall–Kier alpha value is -2.18. The van der Waals surface area contributed by atoms with Crippen LogP contribution in [-0.4, -0.2) is 25.7 Å². The predicted molar refractivity (Wildman–Crippen MR) is 85.9 cm³/mol. The third kappa shape index (κ3) is 4.41. The van der Waals surface area contributed by atoms with Crippen LogP contribution < -0.4 is 10.6 Å². The molecule has 0 saturated carbocycles. The van der Waals surface area contributed by atoms with E-state index >= 15 is 0 Å². The molecule has 0 aliphatic rings. The van der Waals surface area contributed by atoms with Crippen molar-refractivity contribution in [3.8, 4) is 0 Å². The van der Waals surface area contributed by atoms with Gasteiger partial charge >= 0.3 is 6.09 Å². The quantitative estimate of drug-likeness (QED) is 0.889. The molecule has 0 aliphatic carbocycles. The van der Waals surface area contributed by atoms with Gasteiger partial charge in [0, 0.05) is 4.88 Å². The highest BCUT2D eigenvalue weighted by atomic mass is 32.1. The van der Waals surface area contributed by atoms with Crippen molar-refractivity contribution >= 4 is 23.3 Å². The summed E-state index contributed by atoms with van der Waals surface area (Å²) in [4.78, 5) is 23.8. The fourth-order valence-electron chi connectivity index (χ4n) is 2.00. The van der Waals surface area contributed by atoms with E-state index in [0.29, 0.717) is 0 Å². The van der Waals surface area contributed by atoms with Gasteiger partial charge in [0.15, 0.2) is 0 Å². The number of rotatable bonds is 5. The van der Waals surface area contributed by atoms with Gasteiger partial charge in [0.1, 0.15) is 0 Å². The Morgan fingerprint density at radius 3 is 2.55 bits per heavy atom. The lowest BCUT2D eigenvalue weighted by Crippen LogP contribution is -2.39. The van der Waals surface area contributed by atoms with Gasteiger partial charge in [-0.05, 0) is 23.9 Å². The summed E-state index contributed by atoms with van der Waals surface area (Å²) >= 11 is 1.61. The number of nitrogens with one attached hydrogen (secondary N) is 2. The molecule has 0 unspecified atom stereocenters. The van der Waals surface area contributed by atoms with Crippen molar-refractivity contribution in [3.05, 3.63) is 57.8 Å². The topological polar surface area (TPSA) is 67.4 Å². The van der Waals surface area contributed by atoms with E-state index in [1.807, 2.05) is 48.7 Å². The van der Waals surface area contributed by atoms with Crippen molar-refractivity contribution in [1.29, 1.82) is 0 Å². The predicted octanol–water partition coefficient (Wildman–Crippen LogP) is 2.62. The number of carbonyl (C=O) groups excluding carboxylic acids is 2. The molecule has 22 heavy (non-hydrogen) atoms. The van der Waals surface area contributed by atoms with Gasteiger partial charge in [0.2, 0.25) is 5.91 Å². The molecule has 2 aromatic rings. The number of hydrogen-bond acceptors (Lipinski definition) is 5. The van der Waals surface area contributed by atoms with E-state index in [4.69, 9.17) is 0 Å². The number of ether oxygens (including phenoxy) is 1. The molecular formula is C16H18N2O3S. The Labute approximate surface area is 133 Å². The van der Waals surface area contributed by atoms with Gasteiger partial charge in [0.25, 0.3) is 0 Å². The molecule has 0 radical (unpaired) electrons. The molecule has 0 fully saturated rings. The van der Waals surface area contributed by atoms with Gasteiger partial charge in [0.05, 0.1) is 19.7 Å². The number of imide groups is 1. The number of hydrogen-bond donors (Lipinski definition) is 2. The third-order valence-electron chi connectivity index (χ3n) is 3.13. The lowest BCUT2D eigenvalue weighted by molar-refractivity contribution is -0.119. The number of alkyl carbamates (subject to hydrolysis) is 1. The Morgan fingerprint density at radius 2 is 1.95 bits per heavy atom. The first-order valence-electron chi connectivity index (χ1n) is 6.81. The smallest absolute Gasteiger partial charge is 0.413 e. The zero-order chi connectivity index (χ0) is 15.9. The molecule has 0 bridgehead atoms. The van der Waals surface area contributed by atoms with Crippen molar-refractivity contribution < 1.29 is 14.3 Å². The van der Waals surface area contributed by atoms with Crippen LogP contribution >= 0.6 is 11.3 Å². The van der Waals surface area contributed by atoms with Crippen LogP contribution in [0.2, 0.25) is 0 Å². The van der Waals surface area contributed by atoms with Crippen molar-refractivity contribution in [1.82, 2.24) is 10.6 Å². The normalized spacial score (nSPS) is 11.7. The minimum absolute atomic E-state index is 0.0194. The standard InChI is InChI=1S/C16H18N2O3S/c1-11-5-7-12(8-6-11)15(13-4-3-9-22-13)17-10-14(19)18-16(20)21-2/h3-9,15,17H,10H2,1-2H3,(H,18,19,20)/t15-/m1/s1. The lowest BCUT2D eigenvalue weighted by Gasteiger charge is -2.18. The van der Waals surface area contributed by atoms with E-state index in [1.165, 1.54) is 12.7 Å². The summed E-state index contributed by atoms with van der Waals surface area (Å²) in [6, 6.07) is 12.0. The molecule has 116 valence electrons. The van der Waals surface area contributed by atoms with Crippen molar-refractivity contribution in [2.45, 2.75) is 13.0 Å². The highest BCUT2D eigenvalue weighted by Gasteiger charge is 2.16. The maximum atomic E-state index is 11.7. The monoisotopic (exact) mass is 318 g/mol. The average Bonchev–Trinajstić information content (AvgIpc) is 3.03. The largest absolute Gasteiger partial charge is 0.453 e. The van der Waals surface area contributed by atoms with Crippen molar-refractivity contribution in [2.75, 3.05) is 13.7 Å². The van der Waals surface area contributed by atoms with Gasteiger partial charge < -0.3 is 4.74 Å². The van der Waals surface area contributed by atoms with E-state index in [1.54, 1.807) is 11.3 Å². The molecule has 1 atom stereocenters. The molecule has 1 aromatic carbocycles. The molecule has 1 heterocycles. The summed E-state index contributed by atoms with van der Waals surface area (Å²) in [6.45, 7) is 2.05. The first-order valence-corrected chi connectivity index (χ1v) is 7.69. The molecule has 5 nitrogen and oxygen atoms in total. The number of methoxy groups -OCH3 is 1. The summed E-state index contributed by atoms with van der Waals surface area (Å²) < 4.78 is 4.40. The minimum Gasteiger partial charge on any atom is -0.453 e. The second-order valence-electron chi connectivity index (χ2n) is 4.78. The number of carbonyl (C=O) groups is 2. The van der Waals surface area contributed by atoms with Crippen LogP contribution in [0.4, 0.5) is 4.79 Å². The van der Waals surface area contributed by atoms with Gasteiger partial charge in [-0.2, -0.15) is 0 Å². The van der Waals surface area contributed by atoms with Crippen LogP contribution in [-0.2, 0) is 9.53 Å². The van der Waals surface area contributed by atoms with Crippen LogP contribution in [0.25, 0.3) is 0 Å². The molecule has 2 amide bonds. The van der Waals surface area contributed by atoms with Crippen LogP contribution in [0.1, 0.15) is 22.0 Å².